The third kappa shape index (κ3) is 0.717. The van der Waals surface area contributed by atoms with E-state index in [4.69, 9.17) is 15.2 Å². The molecular weight excluding hydrogens is 220 g/mol. The minimum absolute atomic E-state index is 0.107. The quantitative estimate of drug-likeness (QED) is 0.695. The zero-order valence-corrected chi connectivity index (χ0v) is 10.2. The number of nitriles is 2. The van der Waals surface area contributed by atoms with Gasteiger partial charge >= 0.3 is 0 Å². The van der Waals surface area contributed by atoms with Crippen LogP contribution >= 0.6 is 0 Å². The molecule has 0 radical (unpaired) electrons. The first-order valence-electron chi connectivity index (χ1n) is 5.16. The molecule has 0 aromatic carbocycles. The molecule has 0 aromatic rings. The highest BCUT2D eigenvalue weighted by atomic mass is 16.7. The van der Waals surface area contributed by atoms with Crippen LogP contribution in [-0.2, 0) is 9.47 Å². The van der Waals surface area contributed by atoms with Crippen LogP contribution in [0.5, 0.6) is 0 Å². The molecule has 0 spiro atoms. The lowest BCUT2D eigenvalue weighted by Gasteiger charge is -2.30. The largest absolute Gasteiger partial charge is 0.386 e. The Morgan fingerprint density at radius 1 is 1.18 bits per heavy atom. The van der Waals surface area contributed by atoms with Crippen molar-refractivity contribution in [1.29, 1.82) is 10.5 Å². The standard InChI is InChI=1S/C11H14N4O2/c1-8(2)9(5-12)7(14)15-11(16-3,17-4)10(8,9)6-13/h1-4H3,(H2,14,15). The summed E-state index contributed by atoms with van der Waals surface area (Å²) < 4.78 is 10.5. The van der Waals surface area contributed by atoms with Crippen LogP contribution in [0.3, 0.4) is 0 Å². The molecule has 17 heavy (non-hydrogen) atoms. The number of hydrogen-bond acceptors (Lipinski definition) is 6. The number of rotatable bonds is 2. The SMILES string of the molecule is COC1(OC)N=C(N)C2(C#N)C(C)(C)C12C#N. The molecule has 0 bridgehead atoms. The molecule has 2 aliphatic rings. The maximum absolute atomic E-state index is 9.52. The second kappa shape index (κ2) is 2.79. The Labute approximate surface area is 99.6 Å². The first-order valence-corrected chi connectivity index (χ1v) is 5.16. The Morgan fingerprint density at radius 2 is 1.71 bits per heavy atom. The van der Waals surface area contributed by atoms with Gasteiger partial charge in [0.05, 0.1) is 12.1 Å². The van der Waals surface area contributed by atoms with Gasteiger partial charge in [0.25, 0.3) is 5.91 Å². The van der Waals surface area contributed by atoms with E-state index in [1.807, 2.05) is 0 Å². The van der Waals surface area contributed by atoms with Gasteiger partial charge in [-0.05, 0) is 0 Å². The van der Waals surface area contributed by atoms with Crippen LogP contribution < -0.4 is 5.73 Å². The summed E-state index contributed by atoms with van der Waals surface area (Å²) in [5, 5.41) is 18.9. The molecule has 6 nitrogen and oxygen atoms in total. The molecule has 1 saturated carbocycles. The summed E-state index contributed by atoms with van der Waals surface area (Å²) in [4.78, 5) is 4.07. The van der Waals surface area contributed by atoms with Crippen molar-refractivity contribution in [2.24, 2.45) is 27.0 Å². The van der Waals surface area contributed by atoms with Gasteiger partial charge < -0.3 is 15.2 Å². The fraction of sp³-hybridized carbons (Fsp3) is 0.727. The highest BCUT2D eigenvalue weighted by Gasteiger charge is 2.97. The number of nitrogens with zero attached hydrogens (tertiary/aromatic N) is 3. The van der Waals surface area contributed by atoms with E-state index in [0.29, 0.717) is 0 Å². The maximum Gasteiger partial charge on any atom is 0.292 e. The molecule has 1 aliphatic carbocycles. The summed E-state index contributed by atoms with van der Waals surface area (Å²) in [5.74, 6) is -1.39. The van der Waals surface area contributed by atoms with Gasteiger partial charge in [0.15, 0.2) is 5.41 Å². The molecule has 2 N–H and O–H groups in total. The molecule has 2 rings (SSSR count). The fourth-order valence-electron chi connectivity index (χ4n) is 3.40. The second-order valence-electron chi connectivity index (χ2n) is 4.84. The first kappa shape index (κ1) is 11.8. The average Bonchev–Trinajstić information content (AvgIpc) is 2.65. The van der Waals surface area contributed by atoms with Gasteiger partial charge in [-0.25, -0.2) is 4.99 Å². The molecule has 0 saturated heterocycles. The van der Waals surface area contributed by atoms with E-state index in [-0.39, 0.29) is 5.84 Å². The molecule has 6 heteroatoms. The highest BCUT2D eigenvalue weighted by Crippen LogP contribution is 2.84. The Balaban J connectivity index is 2.76. The number of fused-ring (bicyclic) bond motifs is 1. The number of aliphatic imine (C=N–C) groups is 1. The van der Waals surface area contributed by atoms with Crippen molar-refractivity contribution in [3.63, 3.8) is 0 Å². The maximum atomic E-state index is 9.52. The van der Waals surface area contributed by atoms with Crippen molar-refractivity contribution in [3.8, 4) is 12.1 Å². The highest BCUT2D eigenvalue weighted by molar-refractivity contribution is 5.99. The lowest BCUT2D eigenvalue weighted by Crippen LogP contribution is -2.43. The lowest BCUT2D eigenvalue weighted by molar-refractivity contribution is -0.235. The molecule has 90 valence electrons. The summed E-state index contributed by atoms with van der Waals surface area (Å²) in [6.45, 7) is 3.60. The number of ether oxygens (including phenoxy) is 2. The fourth-order valence-corrected chi connectivity index (χ4v) is 3.40. The molecule has 2 unspecified atom stereocenters. The Hall–Kier alpha value is -1.63. The van der Waals surface area contributed by atoms with Gasteiger partial charge in [0, 0.05) is 19.6 Å². The van der Waals surface area contributed by atoms with Crippen LogP contribution in [0, 0.1) is 38.9 Å². The van der Waals surface area contributed by atoms with Crippen molar-refractivity contribution in [2.75, 3.05) is 14.2 Å². The van der Waals surface area contributed by atoms with Gasteiger partial charge in [0.2, 0.25) is 0 Å². The molecule has 1 heterocycles. The summed E-state index contributed by atoms with van der Waals surface area (Å²) in [5.41, 5.74) is 2.84. The molecule has 2 atom stereocenters. The normalized spacial score (nSPS) is 39.8. The summed E-state index contributed by atoms with van der Waals surface area (Å²) in [6.07, 6.45) is 0. The van der Waals surface area contributed by atoms with Crippen molar-refractivity contribution >= 4 is 5.84 Å². The van der Waals surface area contributed by atoms with Crippen LogP contribution in [0.2, 0.25) is 0 Å². The second-order valence-corrected chi connectivity index (χ2v) is 4.84. The van der Waals surface area contributed by atoms with E-state index in [2.05, 4.69) is 17.1 Å². The Bertz CT molecular complexity index is 495. The third-order valence-corrected chi connectivity index (χ3v) is 4.39. The monoisotopic (exact) mass is 234 g/mol. The lowest BCUT2D eigenvalue weighted by atomic mass is 9.93. The number of nitrogens with two attached hydrogens (primary N) is 1. The van der Waals surface area contributed by atoms with Crippen LogP contribution in [0.4, 0.5) is 0 Å². The van der Waals surface area contributed by atoms with Gasteiger partial charge in [0.1, 0.15) is 11.3 Å². The summed E-state index contributed by atoms with van der Waals surface area (Å²) in [6, 6.07) is 4.28. The van der Waals surface area contributed by atoms with E-state index >= 15 is 0 Å². The Kier molecular flexibility index (Phi) is 1.94. The van der Waals surface area contributed by atoms with Crippen molar-refractivity contribution in [2.45, 2.75) is 19.8 Å². The number of amidine groups is 1. The predicted molar refractivity (Wildman–Crippen MR) is 58.2 cm³/mol. The minimum atomic E-state index is -1.49. The Morgan fingerprint density at radius 3 is 2.00 bits per heavy atom. The van der Waals surface area contributed by atoms with E-state index in [9.17, 15) is 10.5 Å². The van der Waals surface area contributed by atoms with Gasteiger partial charge in [-0.3, -0.25) is 0 Å². The topological polar surface area (TPSA) is 104 Å². The van der Waals surface area contributed by atoms with Gasteiger partial charge in [-0.15, -0.1) is 0 Å². The molecule has 0 aromatic heterocycles. The first-order chi connectivity index (χ1) is 7.87. The predicted octanol–water partition coefficient (Wildman–Crippen LogP) is 0.364. The summed E-state index contributed by atoms with van der Waals surface area (Å²) >= 11 is 0. The molecular formula is C11H14N4O2. The van der Waals surface area contributed by atoms with Crippen LogP contribution in [-0.4, -0.2) is 26.0 Å². The average molecular weight is 234 g/mol. The van der Waals surface area contributed by atoms with Crippen LogP contribution in [0.25, 0.3) is 0 Å². The van der Waals surface area contributed by atoms with E-state index in [0.717, 1.165) is 0 Å². The van der Waals surface area contributed by atoms with Gasteiger partial charge in [-0.1, -0.05) is 13.8 Å². The van der Waals surface area contributed by atoms with Crippen molar-refractivity contribution in [1.82, 2.24) is 0 Å². The number of methoxy groups -OCH3 is 2. The van der Waals surface area contributed by atoms with E-state index < -0.39 is 22.2 Å². The molecule has 0 amide bonds. The number of hydrogen-bond donors (Lipinski definition) is 1. The van der Waals surface area contributed by atoms with Crippen LogP contribution in [0.1, 0.15) is 13.8 Å². The third-order valence-electron chi connectivity index (χ3n) is 4.39. The molecule has 1 aliphatic heterocycles. The van der Waals surface area contributed by atoms with Crippen LogP contribution in [0.15, 0.2) is 4.99 Å². The smallest absolute Gasteiger partial charge is 0.292 e. The summed E-state index contributed by atoms with van der Waals surface area (Å²) in [7, 11) is 2.78. The molecule has 1 fully saturated rings. The zero-order valence-electron chi connectivity index (χ0n) is 10.2. The van der Waals surface area contributed by atoms with E-state index in [1.165, 1.54) is 14.2 Å². The van der Waals surface area contributed by atoms with Crippen molar-refractivity contribution in [3.05, 3.63) is 0 Å². The zero-order chi connectivity index (χ0) is 13.1. The minimum Gasteiger partial charge on any atom is -0.386 e. The van der Waals surface area contributed by atoms with Crippen molar-refractivity contribution < 1.29 is 9.47 Å². The van der Waals surface area contributed by atoms with Gasteiger partial charge in [-0.2, -0.15) is 10.5 Å². The van der Waals surface area contributed by atoms with E-state index in [1.54, 1.807) is 13.8 Å².